The van der Waals surface area contributed by atoms with Gasteiger partial charge >= 0.3 is 5.97 Å². The molecule has 0 aromatic heterocycles. The second kappa shape index (κ2) is 19.1. The Morgan fingerprint density at radius 1 is 0.786 bits per heavy atom. The fourth-order valence-corrected chi connectivity index (χ4v) is 7.26. The quantitative estimate of drug-likeness (QED) is 0.103. The molecule has 7 N–H and O–H groups in total. The lowest BCUT2D eigenvalue weighted by molar-refractivity contribution is -0.368. The van der Waals surface area contributed by atoms with Gasteiger partial charge in [-0.3, -0.25) is 19.2 Å². The maximum atomic E-state index is 14.0. The predicted molar refractivity (Wildman–Crippen MR) is 214 cm³/mol. The van der Waals surface area contributed by atoms with E-state index in [-0.39, 0.29) is 19.3 Å². The lowest BCUT2D eigenvalue weighted by atomic mass is 9.87. The number of rotatable bonds is 8. The number of fused-ring (bicyclic) bond motifs is 9. The highest BCUT2D eigenvalue weighted by atomic mass is 16.5. The Morgan fingerprint density at radius 2 is 1.39 bits per heavy atom. The van der Waals surface area contributed by atoms with Crippen LogP contribution in [0, 0.1) is 0 Å². The summed E-state index contributed by atoms with van der Waals surface area (Å²) in [7, 11) is 4.43. The second-order valence-corrected chi connectivity index (χ2v) is 13.9. The van der Waals surface area contributed by atoms with Crippen LogP contribution in [0.2, 0.25) is 0 Å². The van der Waals surface area contributed by atoms with E-state index >= 15 is 0 Å². The van der Waals surface area contributed by atoms with E-state index in [4.69, 9.17) is 14.2 Å². The molecule has 1 aliphatic rings. The normalized spacial score (nSPS) is 20.1. The number of benzene rings is 4. The number of quaternary nitrogens is 1. The minimum atomic E-state index is -1.10. The molecule has 0 saturated heterocycles. The molecule has 13 nitrogen and oxygen atoms in total. The SMILES string of the molecule is COC(=O)[C@@H]1C/C=C\Cc2cc3ccccc3c(c2OC)-c2c(OC)c(cc3ccccc23)CC(NC(C)=O)C(=O)N[C@@H](C)C(=O)N[C@@H](CCCC[NH3+])C(=O)N1. The van der Waals surface area contributed by atoms with Crippen LogP contribution in [-0.4, -0.2) is 81.6 Å². The number of unbranched alkanes of at least 4 members (excludes halogenated alkanes) is 1. The first-order valence-electron chi connectivity index (χ1n) is 18.9. The largest absolute Gasteiger partial charge is 0.496 e. The summed E-state index contributed by atoms with van der Waals surface area (Å²) < 4.78 is 17.5. The Balaban J connectivity index is 1.73. The number of allylic oxidation sites excluding steroid dienone is 1. The molecule has 4 atom stereocenters. The van der Waals surface area contributed by atoms with E-state index in [1.807, 2.05) is 66.7 Å². The Bertz CT molecular complexity index is 2130. The number of hydrogen-bond donors (Lipinski definition) is 5. The smallest absolute Gasteiger partial charge is 0.328 e. The molecule has 1 heterocycles. The zero-order valence-corrected chi connectivity index (χ0v) is 32.7. The molecule has 1 unspecified atom stereocenters. The van der Waals surface area contributed by atoms with Gasteiger partial charge in [0.1, 0.15) is 35.7 Å². The van der Waals surface area contributed by atoms with E-state index < -0.39 is 53.8 Å². The Kier molecular flexibility index (Phi) is 14.0. The molecule has 0 fully saturated rings. The van der Waals surface area contributed by atoms with Crippen LogP contribution in [0.4, 0.5) is 0 Å². The number of amides is 4. The van der Waals surface area contributed by atoms with E-state index in [9.17, 15) is 24.0 Å². The molecular weight excluding hydrogens is 714 g/mol. The lowest BCUT2D eigenvalue weighted by Crippen LogP contribution is -2.57. The summed E-state index contributed by atoms with van der Waals surface area (Å²) in [6, 6.07) is 15.6. The van der Waals surface area contributed by atoms with Gasteiger partial charge < -0.3 is 41.2 Å². The fraction of sp³-hybridized carbons (Fsp3) is 0.372. The van der Waals surface area contributed by atoms with Gasteiger partial charge in [0.25, 0.3) is 0 Å². The van der Waals surface area contributed by atoms with Crippen molar-refractivity contribution >= 4 is 51.1 Å². The maximum Gasteiger partial charge on any atom is 0.328 e. The number of carbonyl (C=O) groups excluding carboxylic acids is 5. The zero-order chi connectivity index (χ0) is 40.4. The van der Waals surface area contributed by atoms with E-state index in [0.29, 0.717) is 42.9 Å². The van der Waals surface area contributed by atoms with Crippen LogP contribution >= 0.6 is 0 Å². The topological polar surface area (TPSA) is 189 Å². The summed E-state index contributed by atoms with van der Waals surface area (Å²) in [5.74, 6) is -1.76. The maximum absolute atomic E-state index is 14.0. The monoisotopic (exact) mass is 766 g/mol. The van der Waals surface area contributed by atoms with Gasteiger partial charge in [0.2, 0.25) is 23.6 Å². The molecule has 56 heavy (non-hydrogen) atoms. The molecule has 13 heteroatoms. The van der Waals surface area contributed by atoms with Crippen molar-refractivity contribution in [3.63, 3.8) is 0 Å². The van der Waals surface area contributed by atoms with Gasteiger partial charge in [-0.1, -0.05) is 60.7 Å². The van der Waals surface area contributed by atoms with Gasteiger partial charge in [-0.25, -0.2) is 4.79 Å². The summed E-state index contributed by atoms with van der Waals surface area (Å²) in [6.45, 7) is 3.46. The predicted octanol–water partition coefficient (Wildman–Crippen LogP) is 3.29. The summed E-state index contributed by atoms with van der Waals surface area (Å²) in [5.41, 5.74) is 6.90. The lowest BCUT2D eigenvalue weighted by Gasteiger charge is -2.25. The highest BCUT2D eigenvalue weighted by Crippen LogP contribution is 2.48. The highest BCUT2D eigenvalue weighted by molar-refractivity contribution is 6.11. The number of methoxy groups -OCH3 is 3. The number of hydrogen-bond acceptors (Lipinski definition) is 8. The van der Waals surface area contributed by atoms with Crippen molar-refractivity contribution in [3.05, 3.63) is 83.9 Å². The zero-order valence-electron chi connectivity index (χ0n) is 32.7. The van der Waals surface area contributed by atoms with Crippen molar-refractivity contribution in [2.24, 2.45) is 0 Å². The molecule has 296 valence electrons. The van der Waals surface area contributed by atoms with Gasteiger partial charge in [0.05, 0.1) is 27.9 Å². The molecule has 0 aliphatic carbocycles. The van der Waals surface area contributed by atoms with Crippen molar-refractivity contribution < 1.29 is 43.9 Å². The van der Waals surface area contributed by atoms with E-state index in [2.05, 4.69) is 33.1 Å². The van der Waals surface area contributed by atoms with Crippen LogP contribution in [0.25, 0.3) is 32.7 Å². The molecule has 4 amide bonds. The molecular formula is C43H52N5O8+. The van der Waals surface area contributed by atoms with Crippen molar-refractivity contribution in [1.29, 1.82) is 0 Å². The molecule has 4 bridgehead atoms. The second-order valence-electron chi connectivity index (χ2n) is 13.9. The van der Waals surface area contributed by atoms with Crippen molar-refractivity contribution in [2.75, 3.05) is 27.9 Å². The third-order valence-corrected chi connectivity index (χ3v) is 9.99. The first kappa shape index (κ1) is 41.2. The molecule has 4 aromatic rings. The van der Waals surface area contributed by atoms with Crippen molar-refractivity contribution in [3.8, 4) is 22.6 Å². The average molecular weight is 767 g/mol. The van der Waals surface area contributed by atoms with Gasteiger partial charge in [-0.15, -0.1) is 0 Å². The van der Waals surface area contributed by atoms with E-state index in [0.717, 1.165) is 38.2 Å². The van der Waals surface area contributed by atoms with Crippen molar-refractivity contribution in [1.82, 2.24) is 21.3 Å². The van der Waals surface area contributed by atoms with Crippen LogP contribution in [0.15, 0.2) is 72.8 Å². The molecule has 0 spiro atoms. The van der Waals surface area contributed by atoms with Gasteiger partial charge in [-0.05, 0) is 83.8 Å². The van der Waals surface area contributed by atoms with Crippen LogP contribution in [0.3, 0.4) is 0 Å². The van der Waals surface area contributed by atoms with E-state index in [1.54, 1.807) is 14.2 Å². The summed E-state index contributed by atoms with van der Waals surface area (Å²) in [6.07, 6.45) is 5.86. The third kappa shape index (κ3) is 9.46. The minimum absolute atomic E-state index is 0.0223. The molecule has 0 radical (unpaired) electrons. The molecule has 1 aliphatic heterocycles. The minimum Gasteiger partial charge on any atom is -0.496 e. The number of nitrogens with one attached hydrogen (secondary N) is 4. The Morgan fingerprint density at radius 3 is 1.98 bits per heavy atom. The standard InChI is InChI=1S/C43H51N5O8/c1-25-40(50)47-33(19-12-13-21-44)41(51)48-34(43(53)56-5)20-11-8-16-29-22-27-14-6-9-17-31(27)36(38(29)54-3)37-32-18-10-7-15-28(32)23-30(39(37)55-4)24-35(42(52)45-25)46-26(2)49/h6-11,14-15,17-18,22-23,25,33-35H,12-13,16,19-21,24,44H2,1-5H3,(H,45,52)(H,46,49)(H,47,50)(H,48,51)/p+1/b11-8-/t25-,33-,34-,35?/m0/s1. The Labute approximate surface area is 326 Å². The van der Waals surface area contributed by atoms with Gasteiger partial charge in [0, 0.05) is 24.5 Å². The van der Waals surface area contributed by atoms with Crippen LogP contribution in [-0.2, 0) is 41.6 Å². The van der Waals surface area contributed by atoms with Crippen LogP contribution in [0.1, 0.15) is 50.7 Å². The van der Waals surface area contributed by atoms with Gasteiger partial charge in [0.15, 0.2) is 0 Å². The number of ether oxygens (including phenoxy) is 3. The van der Waals surface area contributed by atoms with Gasteiger partial charge in [-0.2, -0.15) is 0 Å². The highest BCUT2D eigenvalue weighted by Gasteiger charge is 2.31. The Hall–Kier alpha value is -5.95. The first-order chi connectivity index (χ1) is 27.0. The summed E-state index contributed by atoms with van der Waals surface area (Å²) in [5, 5.41) is 14.6. The fourth-order valence-electron chi connectivity index (χ4n) is 7.26. The number of carbonyl (C=O) groups is 5. The van der Waals surface area contributed by atoms with Crippen LogP contribution in [0.5, 0.6) is 11.5 Å². The number of esters is 1. The summed E-state index contributed by atoms with van der Waals surface area (Å²) >= 11 is 0. The first-order valence-corrected chi connectivity index (χ1v) is 18.9. The van der Waals surface area contributed by atoms with E-state index in [1.165, 1.54) is 21.0 Å². The summed E-state index contributed by atoms with van der Waals surface area (Å²) in [4.78, 5) is 66.7. The average Bonchev–Trinajstić information content (AvgIpc) is 3.19. The molecule has 5 rings (SSSR count). The molecule has 0 saturated carbocycles. The van der Waals surface area contributed by atoms with Crippen LogP contribution < -0.4 is 36.5 Å². The third-order valence-electron chi connectivity index (χ3n) is 9.99. The molecule has 4 aromatic carbocycles. The van der Waals surface area contributed by atoms with Crippen molar-refractivity contribution in [2.45, 2.75) is 76.5 Å².